The normalized spacial score (nSPS) is 13.1. The summed E-state index contributed by atoms with van der Waals surface area (Å²) in [6, 6.07) is 2.55. The second-order valence-corrected chi connectivity index (χ2v) is 8.80. The molecule has 0 spiro atoms. The number of carbonyl (C=O) groups excluding carboxylic acids is 2. The zero-order valence-electron chi connectivity index (χ0n) is 18.3. The number of aliphatic hydroxyl groups excluding tert-OH is 1. The van der Waals surface area contributed by atoms with Gasteiger partial charge in [-0.15, -0.1) is 11.3 Å². The van der Waals surface area contributed by atoms with E-state index in [2.05, 4.69) is 17.6 Å². The molecule has 0 aliphatic carbocycles. The third kappa shape index (κ3) is 12.0. The van der Waals surface area contributed by atoms with Gasteiger partial charge in [-0.05, 0) is 24.8 Å². The summed E-state index contributed by atoms with van der Waals surface area (Å²) in [5.74, 6) is -0.653. The largest absolute Gasteiger partial charge is 0.391 e. The van der Waals surface area contributed by atoms with Crippen LogP contribution in [0.5, 0.6) is 0 Å². The van der Waals surface area contributed by atoms with Crippen LogP contribution in [0.25, 0.3) is 0 Å². The van der Waals surface area contributed by atoms with Gasteiger partial charge in [0, 0.05) is 6.54 Å². The highest BCUT2D eigenvalue weighted by Crippen LogP contribution is 2.12. The van der Waals surface area contributed by atoms with Crippen molar-refractivity contribution >= 4 is 23.2 Å². The fourth-order valence-corrected chi connectivity index (χ4v) is 3.94. The molecule has 1 rings (SSSR count). The molecule has 5 nitrogen and oxygen atoms in total. The molecule has 29 heavy (non-hydrogen) atoms. The van der Waals surface area contributed by atoms with Gasteiger partial charge < -0.3 is 15.7 Å². The lowest BCUT2D eigenvalue weighted by atomic mass is 10.1. The van der Waals surface area contributed by atoms with Gasteiger partial charge in [-0.25, -0.2) is 0 Å². The summed E-state index contributed by atoms with van der Waals surface area (Å²) in [5.41, 5.74) is 0. The Hall–Kier alpha value is -1.40. The van der Waals surface area contributed by atoms with Crippen LogP contribution < -0.4 is 10.6 Å². The smallest absolute Gasteiger partial charge is 0.262 e. The average molecular weight is 425 g/mol. The molecule has 3 N–H and O–H groups in total. The molecule has 0 aliphatic heterocycles. The van der Waals surface area contributed by atoms with Crippen molar-refractivity contribution in [2.75, 3.05) is 6.54 Å². The Morgan fingerprint density at radius 1 is 0.966 bits per heavy atom. The van der Waals surface area contributed by atoms with Gasteiger partial charge in [-0.2, -0.15) is 0 Å². The molecule has 0 bridgehead atoms. The first-order valence-electron chi connectivity index (χ1n) is 11.4. The molecular weight excluding hydrogens is 384 g/mol. The zero-order valence-corrected chi connectivity index (χ0v) is 19.1. The van der Waals surface area contributed by atoms with E-state index in [0.717, 1.165) is 12.8 Å². The fraction of sp³-hybridized carbons (Fsp3) is 0.739. The van der Waals surface area contributed by atoms with Crippen molar-refractivity contribution in [3.05, 3.63) is 22.4 Å². The van der Waals surface area contributed by atoms with E-state index in [1.807, 2.05) is 0 Å². The molecule has 2 atom stereocenters. The quantitative estimate of drug-likeness (QED) is 0.306. The number of rotatable bonds is 17. The molecule has 0 aliphatic rings. The van der Waals surface area contributed by atoms with Crippen molar-refractivity contribution in [1.29, 1.82) is 0 Å². The van der Waals surface area contributed by atoms with Crippen LogP contribution in [0.15, 0.2) is 17.5 Å². The minimum absolute atomic E-state index is 0.326. The molecule has 6 heteroatoms. The number of aliphatic hydroxyl groups is 1. The monoisotopic (exact) mass is 424 g/mol. The number of unbranched alkanes of at least 4 members (excludes halogenated alkanes) is 11. The number of nitrogens with one attached hydrogen (secondary N) is 2. The van der Waals surface area contributed by atoms with Crippen LogP contribution in [0.4, 0.5) is 0 Å². The van der Waals surface area contributed by atoms with Crippen molar-refractivity contribution in [3.63, 3.8) is 0 Å². The number of hydrogen-bond donors (Lipinski definition) is 3. The number of carbonyl (C=O) groups is 2. The van der Waals surface area contributed by atoms with E-state index in [1.165, 1.54) is 82.5 Å². The summed E-state index contributed by atoms with van der Waals surface area (Å²) in [4.78, 5) is 25.0. The topological polar surface area (TPSA) is 78.4 Å². The predicted octanol–water partition coefficient (Wildman–Crippen LogP) is 5.04. The minimum Gasteiger partial charge on any atom is -0.391 e. The van der Waals surface area contributed by atoms with E-state index in [4.69, 9.17) is 0 Å². The predicted molar refractivity (Wildman–Crippen MR) is 121 cm³/mol. The lowest BCUT2D eigenvalue weighted by Crippen LogP contribution is -2.52. The fourth-order valence-electron chi connectivity index (χ4n) is 3.31. The van der Waals surface area contributed by atoms with Crippen LogP contribution in [0.2, 0.25) is 0 Å². The van der Waals surface area contributed by atoms with Crippen molar-refractivity contribution < 1.29 is 14.7 Å². The van der Waals surface area contributed by atoms with E-state index in [1.54, 1.807) is 17.5 Å². The molecule has 166 valence electrons. The number of hydrogen-bond acceptors (Lipinski definition) is 4. The Labute approximate surface area is 180 Å². The first-order valence-corrected chi connectivity index (χ1v) is 12.2. The van der Waals surface area contributed by atoms with Crippen molar-refractivity contribution in [2.45, 2.75) is 103 Å². The van der Waals surface area contributed by atoms with Crippen LogP contribution in [-0.4, -0.2) is 35.6 Å². The van der Waals surface area contributed by atoms with Gasteiger partial charge in [0.05, 0.1) is 11.0 Å². The molecule has 1 aromatic heterocycles. The van der Waals surface area contributed by atoms with Gasteiger partial charge in [0.2, 0.25) is 5.91 Å². The van der Waals surface area contributed by atoms with E-state index in [9.17, 15) is 14.7 Å². The summed E-state index contributed by atoms with van der Waals surface area (Å²) in [5, 5.41) is 17.1. The van der Waals surface area contributed by atoms with Crippen LogP contribution in [0, 0.1) is 0 Å². The van der Waals surface area contributed by atoms with Gasteiger partial charge in [-0.1, -0.05) is 83.6 Å². The summed E-state index contributed by atoms with van der Waals surface area (Å²) in [7, 11) is 0. The van der Waals surface area contributed by atoms with Gasteiger partial charge in [-0.3, -0.25) is 9.59 Å². The zero-order chi connectivity index (χ0) is 21.3. The Morgan fingerprint density at radius 3 is 2.00 bits per heavy atom. The maximum absolute atomic E-state index is 12.3. The SMILES string of the molecule is CCCCCCCCCCCCCCNC(=O)[C@@H](NC(=O)c1cccs1)[C@@H](C)O. The molecule has 1 aromatic rings. The van der Waals surface area contributed by atoms with Gasteiger partial charge >= 0.3 is 0 Å². The Balaban J connectivity index is 2.06. The van der Waals surface area contributed by atoms with E-state index >= 15 is 0 Å². The van der Waals surface area contributed by atoms with Gasteiger partial charge in [0.25, 0.3) is 5.91 Å². The highest BCUT2D eigenvalue weighted by Gasteiger charge is 2.25. The highest BCUT2D eigenvalue weighted by molar-refractivity contribution is 7.12. The third-order valence-electron chi connectivity index (χ3n) is 5.13. The average Bonchev–Trinajstić information content (AvgIpc) is 3.24. The number of thiophene rings is 1. The lowest BCUT2D eigenvalue weighted by Gasteiger charge is -2.20. The molecule has 0 saturated carbocycles. The number of amides is 2. The van der Waals surface area contributed by atoms with Crippen molar-refractivity contribution in [1.82, 2.24) is 10.6 Å². The van der Waals surface area contributed by atoms with E-state index in [-0.39, 0.29) is 11.8 Å². The Bertz CT molecular complexity index is 546. The summed E-state index contributed by atoms with van der Waals surface area (Å²) in [6.07, 6.45) is 14.4. The second-order valence-electron chi connectivity index (χ2n) is 7.85. The maximum atomic E-state index is 12.3. The maximum Gasteiger partial charge on any atom is 0.262 e. The summed E-state index contributed by atoms with van der Waals surface area (Å²) >= 11 is 1.31. The minimum atomic E-state index is -0.944. The molecule has 0 saturated heterocycles. The third-order valence-corrected chi connectivity index (χ3v) is 5.99. The summed E-state index contributed by atoms with van der Waals surface area (Å²) < 4.78 is 0. The lowest BCUT2D eigenvalue weighted by molar-refractivity contribution is -0.125. The molecule has 0 fully saturated rings. The Morgan fingerprint density at radius 2 is 1.52 bits per heavy atom. The molecular formula is C23H40N2O3S. The molecule has 0 radical (unpaired) electrons. The van der Waals surface area contributed by atoms with E-state index < -0.39 is 12.1 Å². The Kier molecular flexibility index (Phi) is 14.5. The van der Waals surface area contributed by atoms with Crippen molar-refractivity contribution in [2.24, 2.45) is 0 Å². The van der Waals surface area contributed by atoms with Crippen LogP contribution in [0.1, 0.15) is 101 Å². The summed E-state index contributed by atoms with van der Waals surface area (Å²) in [6.45, 7) is 4.35. The highest BCUT2D eigenvalue weighted by atomic mass is 32.1. The van der Waals surface area contributed by atoms with Gasteiger partial charge in [0.15, 0.2) is 0 Å². The first kappa shape index (κ1) is 25.6. The standard InChI is InChI=1S/C23H40N2O3S/c1-3-4-5-6-7-8-9-10-11-12-13-14-17-24-23(28)21(19(2)26)25-22(27)20-16-15-18-29-20/h15-16,18-19,21,26H,3-14,17H2,1-2H3,(H,24,28)(H,25,27)/t19-,21+/m1/s1. The van der Waals surface area contributed by atoms with Crippen molar-refractivity contribution in [3.8, 4) is 0 Å². The second kappa shape index (κ2) is 16.4. The molecule has 2 amide bonds. The van der Waals surface area contributed by atoms with E-state index in [0.29, 0.717) is 11.4 Å². The molecule has 0 unspecified atom stereocenters. The van der Waals surface area contributed by atoms with Crippen LogP contribution in [0.3, 0.4) is 0 Å². The van der Waals surface area contributed by atoms with Crippen LogP contribution >= 0.6 is 11.3 Å². The first-order chi connectivity index (χ1) is 14.1. The molecule has 1 heterocycles. The molecule has 0 aromatic carbocycles. The van der Waals surface area contributed by atoms with Crippen LogP contribution in [-0.2, 0) is 4.79 Å². The van der Waals surface area contributed by atoms with Gasteiger partial charge in [0.1, 0.15) is 6.04 Å².